The molecule has 1 unspecified atom stereocenters. The molecule has 1 atom stereocenters. The molecule has 2 aromatic rings. The smallest absolute Gasteiger partial charge is 0.289 e. The summed E-state index contributed by atoms with van der Waals surface area (Å²) in [4.78, 5) is 11.3. The molecule has 0 heterocycles. The number of halogens is 4. The van der Waals surface area contributed by atoms with Crippen molar-refractivity contribution in [3.05, 3.63) is 59.2 Å². The van der Waals surface area contributed by atoms with Gasteiger partial charge in [-0.15, -0.1) is 0 Å². The highest BCUT2D eigenvalue weighted by Crippen LogP contribution is 2.39. The highest BCUT2D eigenvalue weighted by molar-refractivity contribution is 7.81. The number of benzene rings is 2. The van der Waals surface area contributed by atoms with E-state index < -0.39 is 28.2 Å². The van der Waals surface area contributed by atoms with Gasteiger partial charge in [0.05, 0.1) is 16.9 Å². The lowest BCUT2D eigenvalue weighted by molar-refractivity contribution is -0.138. The average molecular weight is 392 g/mol. The molecule has 0 aliphatic heterocycles. The minimum absolute atomic E-state index is 0.00710. The van der Waals surface area contributed by atoms with Crippen molar-refractivity contribution in [1.82, 2.24) is 0 Å². The van der Waals surface area contributed by atoms with E-state index in [4.69, 9.17) is 11.6 Å². The fraction of sp³-hybridized carbons (Fsp3) is 0.188. The Hall–Kier alpha value is -1.90. The predicted octanol–water partition coefficient (Wildman–Crippen LogP) is 4.92. The second-order valence-corrected chi connectivity index (χ2v) is 6.17. The van der Waals surface area contributed by atoms with Crippen LogP contribution in [0.1, 0.15) is 28.4 Å². The molecule has 2 aromatic carbocycles. The lowest BCUT2D eigenvalue weighted by Crippen LogP contribution is -2.22. The van der Waals surface area contributed by atoms with Gasteiger partial charge in [0.1, 0.15) is 0 Å². The topological polar surface area (TPSA) is 57.6 Å². The van der Waals surface area contributed by atoms with Gasteiger partial charge in [0.2, 0.25) is 0 Å². The monoisotopic (exact) mass is 391 g/mol. The van der Waals surface area contributed by atoms with E-state index in [1.807, 2.05) is 0 Å². The number of alkyl halides is 3. The Kier molecular flexibility index (Phi) is 5.87. The Morgan fingerprint density at radius 1 is 1.24 bits per heavy atom. The van der Waals surface area contributed by atoms with Gasteiger partial charge in [-0.25, -0.2) is 8.51 Å². The molecule has 0 bridgehead atoms. The van der Waals surface area contributed by atoms with Gasteiger partial charge in [-0.3, -0.25) is 9.35 Å². The van der Waals surface area contributed by atoms with E-state index in [2.05, 4.69) is 0 Å². The van der Waals surface area contributed by atoms with Gasteiger partial charge in [-0.1, -0.05) is 19.1 Å². The normalized spacial score (nSPS) is 12.7. The van der Waals surface area contributed by atoms with Crippen molar-refractivity contribution >= 4 is 39.5 Å². The van der Waals surface area contributed by atoms with Crippen molar-refractivity contribution < 1.29 is 26.7 Å². The van der Waals surface area contributed by atoms with Crippen LogP contribution in [0.5, 0.6) is 0 Å². The second kappa shape index (κ2) is 7.55. The minimum atomic E-state index is -4.60. The van der Waals surface area contributed by atoms with Gasteiger partial charge in [0.25, 0.3) is 16.5 Å². The summed E-state index contributed by atoms with van der Waals surface area (Å²) in [7, 11) is 0. The molecule has 0 saturated heterocycles. The van der Waals surface area contributed by atoms with Gasteiger partial charge in [-0.2, -0.15) is 13.2 Å². The number of nitrogens with zero attached hydrogens (tertiary/aromatic N) is 1. The van der Waals surface area contributed by atoms with Crippen molar-refractivity contribution in [3.63, 3.8) is 0 Å². The van der Waals surface area contributed by atoms with Crippen LogP contribution in [-0.2, 0) is 23.9 Å². The van der Waals surface area contributed by atoms with Crippen molar-refractivity contribution in [2.45, 2.75) is 19.5 Å². The predicted molar refractivity (Wildman–Crippen MR) is 90.4 cm³/mol. The van der Waals surface area contributed by atoms with Crippen LogP contribution >= 0.6 is 11.6 Å². The Labute approximate surface area is 149 Å². The van der Waals surface area contributed by atoms with Crippen LogP contribution in [0, 0.1) is 0 Å². The number of carbonyl (C=O) groups excluding carboxylic acids is 1. The Balaban J connectivity index is 2.69. The molecule has 134 valence electrons. The first kappa shape index (κ1) is 19.4. The fourth-order valence-electron chi connectivity index (χ4n) is 2.47. The largest absolute Gasteiger partial charge is 0.416 e. The maximum Gasteiger partial charge on any atom is 0.416 e. The van der Waals surface area contributed by atoms with Gasteiger partial charge < -0.3 is 0 Å². The number of hydrogen-bond acceptors (Lipinski definition) is 2. The Morgan fingerprint density at radius 3 is 2.40 bits per heavy atom. The van der Waals surface area contributed by atoms with Gasteiger partial charge in [0, 0.05) is 5.56 Å². The maximum atomic E-state index is 13.2. The lowest BCUT2D eigenvalue weighted by Gasteiger charge is -2.25. The number of hydrogen-bond donors (Lipinski definition) is 1. The summed E-state index contributed by atoms with van der Waals surface area (Å²) in [6.45, 7) is 1.52. The molecule has 2 rings (SSSR count). The number of carbonyl (C=O) groups is 1. The first-order chi connectivity index (χ1) is 11.7. The van der Waals surface area contributed by atoms with Crippen LogP contribution in [0.4, 0.5) is 24.5 Å². The van der Waals surface area contributed by atoms with E-state index in [-0.39, 0.29) is 28.9 Å². The van der Waals surface area contributed by atoms with Crippen molar-refractivity contribution in [2.24, 2.45) is 0 Å². The molecule has 25 heavy (non-hydrogen) atoms. The molecule has 0 aromatic heterocycles. The second-order valence-electron chi connectivity index (χ2n) is 5.00. The third kappa shape index (κ3) is 4.20. The van der Waals surface area contributed by atoms with Crippen molar-refractivity contribution in [2.75, 3.05) is 4.31 Å². The van der Waals surface area contributed by atoms with Gasteiger partial charge in [-0.05, 0) is 53.9 Å². The fourth-order valence-corrected chi connectivity index (χ4v) is 3.22. The van der Waals surface area contributed by atoms with E-state index in [0.717, 1.165) is 16.4 Å². The van der Waals surface area contributed by atoms with Gasteiger partial charge in [0.15, 0.2) is 0 Å². The SMILES string of the molecule is CCc1c(N(c2cccc(C(=O)Cl)c2)S(=O)O)cccc1C(F)(F)F. The molecule has 0 amide bonds. The molecule has 0 saturated carbocycles. The van der Waals surface area contributed by atoms with Crippen LogP contribution in [0.3, 0.4) is 0 Å². The molecule has 0 spiro atoms. The third-order valence-corrected chi connectivity index (χ3v) is 4.43. The standard InChI is InChI=1S/C16H13ClF3NO3S/c1-2-12-13(16(18,19)20)7-4-8-14(12)21(25(23)24)11-6-3-5-10(9-11)15(17)22/h3-9H,2H2,1H3,(H,23,24). The molecule has 1 N–H and O–H groups in total. The zero-order chi connectivity index (χ0) is 18.8. The molecule has 0 fully saturated rings. The molecule has 4 nitrogen and oxygen atoms in total. The molecule has 0 aliphatic carbocycles. The third-order valence-electron chi connectivity index (χ3n) is 3.49. The summed E-state index contributed by atoms with van der Waals surface area (Å²) in [5, 5.41) is -0.787. The van der Waals surface area contributed by atoms with Crippen LogP contribution in [0.2, 0.25) is 0 Å². The summed E-state index contributed by atoms with van der Waals surface area (Å²) < 4.78 is 62.0. The highest BCUT2D eigenvalue weighted by Gasteiger charge is 2.35. The molecular weight excluding hydrogens is 379 g/mol. The first-order valence-corrected chi connectivity index (χ1v) is 8.51. The molecule has 0 radical (unpaired) electrons. The van der Waals surface area contributed by atoms with Crippen LogP contribution in [-0.4, -0.2) is 14.0 Å². The summed E-state index contributed by atoms with van der Waals surface area (Å²) in [6.07, 6.45) is -4.61. The maximum absolute atomic E-state index is 13.2. The number of rotatable bonds is 5. The quantitative estimate of drug-likeness (QED) is 0.581. The summed E-state index contributed by atoms with van der Waals surface area (Å²) in [5.74, 6) is 0. The Morgan fingerprint density at radius 2 is 1.88 bits per heavy atom. The van der Waals surface area contributed by atoms with E-state index in [0.29, 0.717) is 0 Å². The van der Waals surface area contributed by atoms with Crippen molar-refractivity contribution in [1.29, 1.82) is 0 Å². The van der Waals surface area contributed by atoms with Gasteiger partial charge >= 0.3 is 6.18 Å². The summed E-state index contributed by atoms with van der Waals surface area (Å²) in [6, 6.07) is 8.85. The Bertz CT molecular complexity index is 827. The van der Waals surface area contributed by atoms with E-state index in [1.54, 1.807) is 0 Å². The highest BCUT2D eigenvalue weighted by atomic mass is 35.5. The van der Waals surface area contributed by atoms with Crippen LogP contribution in [0.15, 0.2) is 42.5 Å². The summed E-state index contributed by atoms with van der Waals surface area (Å²) in [5.41, 5.74) is -0.953. The van der Waals surface area contributed by atoms with Crippen LogP contribution in [0.25, 0.3) is 0 Å². The molecule has 9 heteroatoms. The van der Waals surface area contributed by atoms with Crippen LogP contribution < -0.4 is 4.31 Å². The average Bonchev–Trinajstić information content (AvgIpc) is 2.54. The zero-order valence-electron chi connectivity index (χ0n) is 12.9. The zero-order valence-corrected chi connectivity index (χ0v) is 14.5. The van der Waals surface area contributed by atoms with E-state index >= 15 is 0 Å². The molecular formula is C16H13ClF3NO3S. The van der Waals surface area contributed by atoms with Crippen molar-refractivity contribution in [3.8, 4) is 0 Å². The summed E-state index contributed by atoms with van der Waals surface area (Å²) >= 11 is 2.74. The van der Waals surface area contributed by atoms with E-state index in [9.17, 15) is 26.7 Å². The lowest BCUT2D eigenvalue weighted by atomic mass is 10.0. The van der Waals surface area contributed by atoms with E-state index in [1.165, 1.54) is 37.3 Å². The minimum Gasteiger partial charge on any atom is -0.289 e. The first-order valence-electron chi connectivity index (χ1n) is 7.07. The molecule has 0 aliphatic rings. The number of anilines is 2.